The fourth-order valence-electron chi connectivity index (χ4n) is 1.55. The van der Waals surface area contributed by atoms with Gasteiger partial charge in [0.05, 0.1) is 17.6 Å². The van der Waals surface area contributed by atoms with Crippen molar-refractivity contribution in [3.63, 3.8) is 0 Å². The molecule has 0 aromatic heterocycles. The molecule has 6 heteroatoms. The topological polar surface area (TPSA) is 98.6 Å². The normalized spacial score (nSPS) is 14.3. The number of aliphatic hydroxyl groups excluding tert-OH is 1. The lowest BCUT2D eigenvalue weighted by atomic mass is 10.0. The van der Waals surface area contributed by atoms with E-state index < -0.39 is 11.0 Å². The number of nitrogens with zero attached hydrogens (tertiary/aromatic N) is 1. The van der Waals surface area contributed by atoms with Crippen molar-refractivity contribution in [3.8, 4) is 0 Å². The minimum absolute atomic E-state index is 0.0399. The number of nitro benzene ring substituents is 1. The monoisotopic (exact) mass is 240 g/mol. The van der Waals surface area contributed by atoms with Crippen molar-refractivity contribution in [1.82, 2.24) is 0 Å². The van der Waals surface area contributed by atoms with E-state index in [1.165, 1.54) is 19.2 Å². The van der Waals surface area contributed by atoms with Gasteiger partial charge in [-0.3, -0.25) is 10.1 Å². The van der Waals surface area contributed by atoms with Crippen molar-refractivity contribution in [1.29, 1.82) is 0 Å². The minimum atomic E-state index is -0.819. The molecule has 2 unspecified atom stereocenters. The molecule has 0 aliphatic rings. The molecule has 0 aliphatic carbocycles. The van der Waals surface area contributed by atoms with Crippen LogP contribution < -0.4 is 5.73 Å². The van der Waals surface area contributed by atoms with E-state index in [1.807, 2.05) is 0 Å². The highest BCUT2D eigenvalue weighted by Gasteiger charge is 2.15. The maximum atomic E-state index is 10.6. The Labute approximate surface area is 99.2 Å². The highest BCUT2D eigenvalue weighted by molar-refractivity contribution is 5.35. The van der Waals surface area contributed by atoms with Crippen LogP contribution in [0, 0.1) is 10.1 Å². The van der Waals surface area contributed by atoms with E-state index in [-0.39, 0.29) is 11.7 Å². The van der Waals surface area contributed by atoms with Crippen molar-refractivity contribution in [2.24, 2.45) is 5.73 Å². The molecular formula is C11H16N2O4. The SMILES string of the molecule is COCC(N)CC(O)c1cccc([N+](=O)[O-])c1. The molecule has 94 valence electrons. The summed E-state index contributed by atoms with van der Waals surface area (Å²) >= 11 is 0. The predicted octanol–water partition coefficient (Wildman–Crippen LogP) is 0.992. The van der Waals surface area contributed by atoms with Crippen molar-refractivity contribution in [2.75, 3.05) is 13.7 Å². The summed E-state index contributed by atoms with van der Waals surface area (Å²) in [6, 6.07) is 5.61. The van der Waals surface area contributed by atoms with Crippen LogP contribution >= 0.6 is 0 Å². The first kappa shape index (κ1) is 13.6. The van der Waals surface area contributed by atoms with Gasteiger partial charge < -0.3 is 15.6 Å². The van der Waals surface area contributed by atoms with Crippen LogP contribution in [-0.2, 0) is 4.74 Å². The Kier molecular flexibility index (Phi) is 5.02. The minimum Gasteiger partial charge on any atom is -0.388 e. The number of nitro groups is 1. The van der Waals surface area contributed by atoms with Gasteiger partial charge in [0.15, 0.2) is 0 Å². The molecule has 6 nitrogen and oxygen atoms in total. The first-order valence-electron chi connectivity index (χ1n) is 5.21. The zero-order chi connectivity index (χ0) is 12.8. The number of non-ortho nitro benzene ring substituents is 1. The van der Waals surface area contributed by atoms with Crippen LogP contribution in [0.15, 0.2) is 24.3 Å². The Morgan fingerprint density at radius 2 is 2.29 bits per heavy atom. The van der Waals surface area contributed by atoms with E-state index in [4.69, 9.17) is 10.5 Å². The fourth-order valence-corrected chi connectivity index (χ4v) is 1.55. The van der Waals surface area contributed by atoms with Crippen molar-refractivity contribution in [3.05, 3.63) is 39.9 Å². The summed E-state index contributed by atoms with van der Waals surface area (Å²) in [7, 11) is 1.53. The molecule has 0 saturated carbocycles. The van der Waals surface area contributed by atoms with Gasteiger partial charge in [-0.15, -0.1) is 0 Å². The summed E-state index contributed by atoms with van der Waals surface area (Å²) in [5, 5.41) is 20.4. The number of aliphatic hydroxyl groups is 1. The second-order valence-electron chi connectivity index (χ2n) is 3.82. The van der Waals surface area contributed by atoms with Gasteiger partial charge in [-0.2, -0.15) is 0 Å². The summed E-state index contributed by atoms with van der Waals surface area (Å²) in [6.45, 7) is 0.339. The summed E-state index contributed by atoms with van der Waals surface area (Å²) in [4.78, 5) is 10.1. The summed E-state index contributed by atoms with van der Waals surface area (Å²) in [6.07, 6.45) is -0.519. The Bertz CT molecular complexity index is 383. The first-order valence-corrected chi connectivity index (χ1v) is 5.21. The third kappa shape index (κ3) is 4.10. The maximum absolute atomic E-state index is 10.6. The van der Waals surface area contributed by atoms with E-state index in [0.29, 0.717) is 18.6 Å². The van der Waals surface area contributed by atoms with Gasteiger partial charge in [-0.1, -0.05) is 12.1 Å². The Hall–Kier alpha value is -1.50. The van der Waals surface area contributed by atoms with E-state index in [2.05, 4.69) is 0 Å². The zero-order valence-electron chi connectivity index (χ0n) is 9.57. The number of rotatable bonds is 6. The highest BCUT2D eigenvalue weighted by Crippen LogP contribution is 2.22. The van der Waals surface area contributed by atoms with Gasteiger partial charge in [-0.05, 0) is 12.0 Å². The van der Waals surface area contributed by atoms with E-state index >= 15 is 0 Å². The van der Waals surface area contributed by atoms with E-state index in [0.717, 1.165) is 0 Å². The number of ether oxygens (including phenoxy) is 1. The van der Waals surface area contributed by atoms with Gasteiger partial charge >= 0.3 is 0 Å². The lowest BCUT2D eigenvalue weighted by Crippen LogP contribution is -2.27. The molecule has 0 amide bonds. The van der Waals surface area contributed by atoms with Gasteiger partial charge in [-0.25, -0.2) is 0 Å². The molecule has 0 saturated heterocycles. The van der Waals surface area contributed by atoms with Crippen LogP contribution in [0.4, 0.5) is 5.69 Å². The van der Waals surface area contributed by atoms with Crippen LogP contribution in [-0.4, -0.2) is 29.8 Å². The average Bonchev–Trinajstić information content (AvgIpc) is 2.29. The molecule has 1 aromatic rings. The molecule has 2 atom stereocenters. The number of methoxy groups -OCH3 is 1. The second kappa shape index (κ2) is 6.29. The third-order valence-corrected chi connectivity index (χ3v) is 2.37. The molecule has 0 spiro atoms. The molecular weight excluding hydrogens is 224 g/mol. The average molecular weight is 240 g/mol. The standard InChI is InChI=1S/C11H16N2O4/c1-17-7-9(12)6-11(14)8-3-2-4-10(5-8)13(15)16/h2-5,9,11,14H,6-7,12H2,1H3. The molecule has 0 heterocycles. The van der Waals surface area contributed by atoms with Crippen molar-refractivity contribution >= 4 is 5.69 Å². The van der Waals surface area contributed by atoms with Crippen LogP contribution in [0.2, 0.25) is 0 Å². The van der Waals surface area contributed by atoms with Gasteiger partial charge in [0.25, 0.3) is 5.69 Å². The molecule has 0 fully saturated rings. The zero-order valence-corrected chi connectivity index (χ0v) is 9.57. The number of nitrogens with two attached hydrogens (primary N) is 1. The van der Waals surface area contributed by atoms with Crippen LogP contribution in [0.5, 0.6) is 0 Å². The second-order valence-corrected chi connectivity index (χ2v) is 3.82. The molecule has 0 radical (unpaired) electrons. The molecule has 0 bridgehead atoms. The molecule has 1 aromatic carbocycles. The largest absolute Gasteiger partial charge is 0.388 e. The van der Waals surface area contributed by atoms with Crippen molar-refractivity contribution < 1.29 is 14.8 Å². The van der Waals surface area contributed by atoms with Gasteiger partial charge in [0.2, 0.25) is 0 Å². The maximum Gasteiger partial charge on any atom is 0.269 e. The summed E-state index contributed by atoms with van der Waals surface area (Å²) < 4.78 is 4.86. The van der Waals surface area contributed by atoms with Crippen molar-refractivity contribution in [2.45, 2.75) is 18.6 Å². The summed E-state index contributed by atoms with van der Waals surface area (Å²) in [5.74, 6) is 0. The number of hydrogen-bond donors (Lipinski definition) is 2. The Balaban J connectivity index is 2.71. The van der Waals surface area contributed by atoms with Gasteiger partial charge in [0, 0.05) is 25.3 Å². The number of hydrogen-bond acceptors (Lipinski definition) is 5. The Morgan fingerprint density at radius 3 is 2.88 bits per heavy atom. The highest BCUT2D eigenvalue weighted by atomic mass is 16.6. The van der Waals surface area contributed by atoms with Gasteiger partial charge in [0.1, 0.15) is 0 Å². The third-order valence-electron chi connectivity index (χ3n) is 2.37. The van der Waals surface area contributed by atoms with Crippen LogP contribution in [0.1, 0.15) is 18.1 Å². The lowest BCUT2D eigenvalue weighted by molar-refractivity contribution is -0.385. The quantitative estimate of drug-likeness (QED) is 0.570. The number of benzene rings is 1. The smallest absolute Gasteiger partial charge is 0.269 e. The molecule has 3 N–H and O–H groups in total. The lowest BCUT2D eigenvalue weighted by Gasteiger charge is -2.15. The molecule has 1 rings (SSSR count). The molecule has 17 heavy (non-hydrogen) atoms. The van der Waals surface area contributed by atoms with E-state index in [1.54, 1.807) is 12.1 Å². The fraction of sp³-hybridized carbons (Fsp3) is 0.455. The van der Waals surface area contributed by atoms with Crippen LogP contribution in [0.25, 0.3) is 0 Å². The summed E-state index contributed by atoms with van der Waals surface area (Å²) in [5.41, 5.74) is 6.15. The van der Waals surface area contributed by atoms with Crippen LogP contribution in [0.3, 0.4) is 0 Å². The molecule has 0 aliphatic heterocycles. The van der Waals surface area contributed by atoms with E-state index in [9.17, 15) is 15.2 Å². The first-order chi connectivity index (χ1) is 8.04. The predicted molar refractivity (Wildman–Crippen MR) is 62.5 cm³/mol. The Morgan fingerprint density at radius 1 is 1.59 bits per heavy atom.